The van der Waals surface area contributed by atoms with E-state index in [0.29, 0.717) is 12.2 Å². The zero-order chi connectivity index (χ0) is 12.5. The molecule has 0 radical (unpaired) electrons. The highest BCUT2D eigenvalue weighted by Crippen LogP contribution is 2.38. The summed E-state index contributed by atoms with van der Waals surface area (Å²) in [7, 11) is 0. The molecule has 1 atom stereocenters. The molecule has 1 aliphatic rings. The summed E-state index contributed by atoms with van der Waals surface area (Å²) in [6, 6.07) is 6.04. The zero-order valence-electron chi connectivity index (χ0n) is 9.80. The maximum atomic E-state index is 12.9. The molecule has 0 N–H and O–H groups in total. The first-order valence-corrected chi connectivity index (χ1v) is 5.93. The highest BCUT2D eigenvalue weighted by molar-refractivity contribution is 5.55. The van der Waals surface area contributed by atoms with E-state index in [9.17, 15) is 13.2 Å². The third-order valence-corrected chi connectivity index (χ3v) is 3.32. The van der Waals surface area contributed by atoms with E-state index in [1.165, 1.54) is 6.07 Å². The van der Waals surface area contributed by atoms with Crippen molar-refractivity contribution in [1.82, 2.24) is 0 Å². The van der Waals surface area contributed by atoms with E-state index in [0.717, 1.165) is 25.3 Å². The molecule has 17 heavy (non-hydrogen) atoms. The molecule has 0 spiro atoms. The quantitative estimate of drug-likeness (QED) is 0.718. The van der Waals surface area contributed by atoms with Crippen molar-refractivity contribution < 1.29 is 13.2 Å². The van der Waals surface area contributed by atoms with Crippen molar-refractivity contribution in [2.45, 2.75) is 38.4 Å². The number of alkyl halides is 3. The van der Waals surface area contributed by atoms with Crippen molar-refractivity contribution in [3.63, 3.8) is 0 Å². The van der Waals surface area contributed by atoms with E-state index in [1.54, 1.807) is 12.1 Å². The first-order chi connectivity index (χ1) is 8.00. The van der Waals surface area contributed by atoms with Crippen molar-refractivity contribution in [2.24, 2.45) is 0 Å². The minimum absolute atomic E-state index is 0.187. The highest BCUT2D eigenvalue weighted by Gasteiger charge is 2.35. The average Bonchev–Trinajstić information content (AvgIpc) is 2.28. The lowest BCUT2D eigenvalue weighted by atomic mass is 10.0. The Morgan fingerprint density at radius 3 is 2.53 bits per heavy atom. The van der Waals surface area contributed by atoms with Crippen molar-refractivity contribution in [2.75, 3.05) is 11.4 Å². The summed E-state index contributed by atoms with van der Waals surface area (Å²) < 4.78 is 38.7. The summed E-state index contributed by atoms with van der Waals surface area (Å²) in [5.41, 5.74) is -0.194. The van der Waals surface area contributed by atoms with Crippen LogP contribution in [0.4, 0.5) is 18.9 Å². The minimum Gasteiger partial charge on any atom is -0.368 e. The van der Waals surface area contributed by atoms with Gasteiger partial charge in [0, 0.05) is 18.3 Å². The number of halogens is 3. The Balaban J connectivity index is 2.37. The van der Waals surface area contributed by atoms with Crippen LogP contribution < -0.4 is 4.90 Å². The highest BCUT2D eigenvalue weighted by atomic mass is 19.4. The predicted octanol–water partition coefficient (Wildman–Crippen LogP) is 4.08. The smallest absolute Gasteiger partial charge is 0.368 e. The summed E-state index contributed by atoms with van der Waals surface area (Å²) in [5.74, 6) is 0. The molecule has 0 saturated carbocycles. The number of benzene rings is 1. The van der Waals surface area contributed by atoms with Crippen molar-refractivity contribution in [3.8, 4) is 0 Å². The van der Waals surface area contributed by atoms with Gasteiger partial charge in [0.05, 0.1) is 5.56 Å². The number of anilines is 1. The van der Waals surface area contributed by atoms with E-state index >= 15 is 0 Å². The number of hydrogen-bond donors (Lipinski definition) is 0. The molecule has 94 valence electrons. The lowest BCUT2D eigenvalue weighted by Gasteiger charge is -2.36. The minimum atomic E-state index is -4.27. The lowest BCUT2D eigenvalue weighted by Crippen LogP contribution is -2.38. The first-order valence-electron chi connectivity index (χ1n) is 5.93. The second kappa shape index (κ2) is 4.59. The maximum Gasteiger partial charge on any atom is 0.418 e. The Morgan fingerprint density at radius 2 is 1.88 bits per heavy atom. The molecular formula is C13H16F3N. The Labute approximate surface area is 99.2 Å². The van der Waals surface area contributed by atoms with Gasteiger partial charge in [-0.2, -0.15) is 13.2 Å². The fraction of sp³-hybridized carbons (Fsp3) is 0.538. The van der Waals surface area contributed by atoms with Gasteiger partial charge in [0.1, 0.15) is 0 Å². The van der Waals surface area contributed by atoms with Crippen molar-refractivity contribution in [3.05, 3.63) is 29.8 Å². The topological polar surface area (TPSA) is 3.24 Å². The molecule has 1 aromatic carbocycles. The molecule has 0 amide bonds. The molecule has 0 bridgehead atoms. The summed E-state index contributed by atoms with van der Waals surface area (Å²) in [6.07, 6.45) is -1.23. The van der Waals surface area contributed by atoms with Gasteiger partial charge < -0.3 is 4.90 Å². The molecule has 1 unspecified atom stereocenters. The Bertz CT molecular complexity index is 386. The summed E-state index contributed by atoms with van der Waals surface area (Å²) >= 11 is 0. The normalized spacial score (nSPS) is 21.6. The molecular weight excluding hydrogens is 227 g/mol. The predicted molar refractivity (Wildman–Crippen MR) is 62.1 cm³/mol. The molecule has 4 heteroatoms. The molecule has 0 aliphatic carbocycles. The molecule has 2 rings (SSSR count). The fourth-order valence-corrected chi connectivity index (χ4v) is 2.42. The summed E-state index contributed by atoms with van der Waals surface area (Å²) in [4.78, 5) is 1.88. The van der Waals surface area contributed by atoms with Gasteiger partial charge in [0.25, 0.3) is 0 Å². The van der Waals surface area contributed by atoms with Gasteiger partial charge >= 0.3 is 6.18 Å². The van der Waals surface area contributed by atoms with E-state index in [-0.39, 0.29) is 6.04 Å². The average molecular weight is 243 g/mol. The SMILES string of the molecule is CC1CCCCN1c1ccccc1C(F)(F)F. The monoisotopic (exact) mass is 243 g/mol. The van der Waals surface area contributed by atoms with Crippen LogP contribution in [0.15, 0.2) is 24.3 Å². The first kappa shape index (κ1) is 12.3. The number of para-hydroxylation sites is 1. The largest absolute Gasteiger partial charge is 0.418 e. The van der Waals surface area contributed by atoms with Crippen LogP contribution in [0.2, 0.25) is 0 Å². The van der Waals surface area contributed by atoms with Gasteiger partial charge in [-0.15, -0.1) is 0 Å². The van der Waals surface area contributed by atoms with Crippen LogP contribution in [0.25, 0.3) is 0 Å². The standard InChI is InChI=1S/C13H16F3N/c1-10-6-4-5-9-17(10)12-8-3-2-7-11(12)13(14,15)16/h2-3,7-8,10H,4-6,9H2,1H3. The van der Waals surface area contributed by atoms with Crippen LogP contribution in [-0.2, 0) is 6.18 Å². The lowest BCUT2D eigenvalue weighted by molar-refractivity contribution is -0.137. The summed E-state index contributed by atoms with van der Waals surface area (Å²) in [6.45, 7) is 2.71. The van der Waals surface area contributed by atoms with Crippen LogP contribution in [0.3, 0.4) is 0 Å². The maximum absolute atomic E-state index is 12.9. The Kier molecular flexibility index (Phi) is 3.31. The van der Waals surface area contributed by atoms with Gasteiger partial charge in [-0.25, -0.2) is 0 Å². The molecule has 1 heterocycles. The Hall–Kier alpha value is -1.19. The fourth-order valence-electron chi connectivity index (χ4n) is 2.42. The molecule has 0 aromatic heterocycles. The molecule has 1 fully saturated rings. The van der Waals surface area contributed by atoms with Gasteiger partial charge in [-0.1, -0.05) is 12.1 Å². The number of rotatable bonds is 1. The number of hydrogen-bond acceptors (Lipinski definition) is 1. The van der Waals surface area contributed by atoms with Gasteiger partial charge in [0.2, 0.25) is 0 Å². The third kappa shape index (κ3) is 2.56. The van der Waals surface area contributed by atoms with Gasteiger partial charge in [-0.3, -0.25) is 0 Å². The van der Waals surface area contributed by atoms with Gasteiger partial charge in [-0.05, 0) is 38.3 Å². The Morgan fingerprint density at radius 1 is 1.18 bits per heavy atom. The van der Waals surface area contributed by atoms with Crippen LogP contribution in [0.1, 0.15) is 31.7 Å². The molecule has 1 saturated heterocycles. The number of piperidine rings is 1. The third-order valence-electron chi connectivity index (χ3n) is 3.32. The molecule has 1 aliphatic heterocycles. The van der Waals surface area contributed by atoms with E-state index in [4.69, 9.17) is 0 Å². The zero-order valence-corrected chi connectivity index (χ0v) is 9.80. The van der Waals surface area contributed by atoms with Crippen LogP contribution in [0.5, 0.6) is 0 Å². The number of nitrogens with zero attached hydrogens (tertiary/aromatic N) is 1. The summed E-state index contributed by atoms with van der Waals surface area (Å²) in [5, 5.41) is 0. The van der Waals surface area contributed by atoms with Crippen LogP contribution >= 0.6 is 0 Å². The van der Waals surface area contributed by atoms with E-state index in [1.807, 2.05) is 11.8 Å². The van der Waals surface area contributed by atoms with E-state index in [2.05, 4.69) is 0 Å². The molecule has 1 nitrogen and oxygen atoms in total. The second-order valence-corrected chi connectivity index (χ2v) is 4.55. The van der Waals surface area contributed by atoms with Crippen molar-refractivity contribution >= 4 is 5.69 Å². The van der Waals surface area contributed by atoms with Crippen LogP contribution in [-0.4, -0.2) is 12.6 Å². The second-order valence-electron chi connectivity index (χ2n) is 4.55. The molecule has 1 aromatic rings. The van der Waals surface area contributed by atoms with Crippen molar-refractivity contribution in [1.29, 1.82) is 0 Å². The van der Waals surface area contributed by atoms with Crippen LogP contribution in [0, 0.1) is 0 Å². The van der Waals surface area contributed by atoms with Gasteiger partial charge in [0.15, 0.2) is 0 Å². The van der Waals surface area contributed by atoms with E-state index < -0.39 is 11.7 Å².